The van der Waals surface area contributed by atoms with Crippen molar-refractivity contribution < 1.29 is 14.7 Å². The van der Waals surface area contributed by atoms with Gasteiger partial charge in [0.25, 0.3) is 0 Å². The van der Waals surface area contributed by atoms with Crippen molar-refractivity contribution in [1.82, 2.24) is 10.2 Å². The molecule has 0 radical (unpaired) electrons. The van der Waals surface area contributed by atoms with Crippen molar-refractivity contribution in [2.24, 2.45) is 11.7 Å². The molecular formula is C17H32ClN3O3. The first kappa shape index (κ1) is 21.2. The van der Waals surface area contributed by atoms with Crippen LogP contribution in [0, 0.1) is 5.92 Å². The minimum atomic E-state index is -1.13. The van der Waals surface area contributed by atoms with Gasteiger partial charge in [0.05, 0.1) is 0 Å². The molecular weight excluding hydrogens is 330 g/mol. The van der Waals surface area contributed by atoms with Gasteiger partial charge in [-0.05, 0) is 25.2 Å². The quantitative estimate of drug-likeness (QED) is 0.566. The highest BCUT2D eigenvalue weighted by molar-refractivity contribution is 5.85. The minimum Gasteiger partial charge on any atom is -0.382 e. The van der Waals surface area contributed by atoms with Crippen LogP contribution in [0.1, 0.15) is 57.8 Å². The van der Waals surface area contributed by atoms with Gasteiger partial charge in [0.2, 0.25) is 11.8 Å². The summed E-state index contributed by atoms with van der Waals surface area (Å²) in [6.07, 6.45) is 7.93. The van der Waals surface area contributed by atoms with E-state index in [1.54, 1.807) is 0 Å². The number of likely N-dealkylation sites (tertiary alicyclic amines) is 1. The lowest BCUT2D eigenvalue weighted by Gasteiger charge is -2.26. The molecule has 7 heteroatoms. The number of halogens is 1. The van der Waals surface area contributed by atoms with Crippen molar-refractivity contribution in [2.45, 2.75) is 69.9 Å². The Kier molecular flexibility index (Phi) is 9.63. The molecule has 2 fully saturated rings. The first-order valence-electron chi connectivity index (χ1n) is 9.07. The van der Waals surface area contributed by atoms with Crippen LogP contribution in [0.15, 0.2) is 0 Å². The molecule has 0 aromatic heterocycles. The summed E-state index contributed by atoms with van der Waals surface area (Å²) in [6, 6.07) is -0.488. The Bertz CT molecular complexity index is 403. The Morgan fingerprint density at radius 2 is 2.00 bits per heavy atom. The van der Waals surface area contributed by atoms with Gasteiger partial charge in [-0.2, -0.15) is 0 Å². The molecule has 2 amide bonds. The SMILES string of the molecule is Cl.N[C@H](CC1CCCCC1)C(O)C(=O)NCCCN1CCCC1=O. The van der Waals surface area contributed by atoms with Gasteiger partial charge in [0.15, 0.2) is 0 Å². The van der Waals surface area contributed by atoms with E-state index in [2.05, 4.69) is 5.32 Å². The molecule has 0 aromatic carbocycles. The van der Waals surface area contributed by atoms with Gasteiger partial charge >= 0.3 is 0 Å². The van der Waals surface area contributed by atoms with Gasteiger partial charge < -0.3 is 21.1 Å². The van der Waals surface area contributed by atoms with Gasteiger partial charge in [-0.1, -0.05) is 32.1 Å². The standard InChI is InChI=1S/C17H31N3O3.ClH/c18-14(12-13-6-2-1-3-7-13)16(22)17(23)19-9-5-11-20-10-4-8-15(20)21;/h13-14,16,22H,1-12,18H2,(H,19,23);1H/t14-,16?;/m1./s1. The summed E-state index contributed by atoms with van der Waals surface area (Å²) in [5.41, 5.74) is 6.01. The lowest BCUT2D eigenvalue weighted by molar-refractivity contribution is -0.130. The van der Waals surface area contributed by atoms with Crippen molar-refractivity contribution in [3.05, 3.63) is 0 Å². The molecule has 140 valence electrons. The molecule has 1 aliphatic heterocycles. The van der Waals surface area contributed by atoms with Crippen LogP contribution in [0.3, 0.4) is 0 Å². The van der Waals surface area contributed by atoms with Crippen LogP contribution in [0.25, 0.3) is 0 Å². The number of hydrogen-bond donors (Lipinski definition) is 3. The predicted octanol–water partition coefficient (Wildman–Crippen LogP) is 1.20. The van der Waals surface area contributed by atoms with Gasteiger partial charge in [-0.25, -0.2) is 0 Å². The molecule has 0 aromatic rings. The van der Waals surface area contributed by atoms with E-state index in [1.165, 1.54) is 19.3 Å². The van der Waals surface area contributed by atoms with Crippen LogP contribution in [0.2, 0.25) is 0 Å². The van der Waals surface area contributed by atoms with Crippen LogP contribution in [0.5, 0.6) is 0 Å². The third-order valence-electron chi connectivity index (χ3n) is 5.08. The van der Waals surface area contributed by atoms with Gasteiger partial charge in [-0.3, -0.25) is 9.59 Å². The molecule has 0 bridgehead atoms. The number of aliphatic hydroxyl groups excluding tert-OH is 1. The normalized spacial score (nSPS) is 21.2. The number of nitrogens with one attached hydrogen (secondary N) is 1. The summed E-state index contributed by atoms with van der Waals surface area (Å²) in [6.45, 7) is 1.96. The number of nitrogens with two attached hydrogens (primary N) is 1. The van der Waals surface area contributed by atoms with E-state index in [-0.39, 0.29) is 24.2 Å². The van der Waals surface area contributed by atoms with Crippen LogP contribution in [-0.4, -0.2) is 53.6 Å². The van der Waals surface area contributed by atoms with E-state index in [9.17, 15) is 14.7 Å². The number of carbonyl (C=O) groups excluding carboxylic acids is 2. The first-order valence-corrected chi connectivity index (χ1v) is 9.07. The Hall–Kier alpha value is -0.850. The fraction of sp³-hybridized carbons (Fsp3) is 0.882. The molecule has 1 heterocycles. The van der Waals surface area contributed by atoms with E-state index in [4.69, 9.17) is 5.73 Å². The number of nitrogens with zero attached hydrogens (tertiary/aromatic N) is 1. The molecule has 2 rings (SSSR count). The molecule has 6 nitrogen and oxygen atoms in total. The van der Waals surface area contributed by atoms with Crippen LogP contribution in [0.4, 0.5) is 0 Å². The summed E-state index contributed by atoms with van der Waals surface area (Å²) in [5.74, 6) is 0.356. The van der Waals surface area contributed by atoms with Crippen molar-refractivity contribution in [1.29, 1.82) is 0 Å². The van der Waals surface area contributed by atoms with E-state index >= 15 is 0 Å². The number of carbonyl (C=O) groups is 2. The summed E-state index contributed by atoms with van der Waals surface area (Å²) in [5, 5.41) is 12.8. The maximum atomic E-state index is 12.0. The van der Waals surface area contributed by atoms with Crippen LogP contribution >= 0.6 is 12.4 Å². The van der Waals surface area contributed by atoms with Crippen molar-refractivity contribution >= 4 is 24.2 Å². The lowest BCUT2D eigenvalue weighted by atomic mass is 9.84. The van der Waals surface area contributed by atoms with Gasteiger partial charge in [0, 0.05) is 32.1 Å². The Morgan fingerprint density at radius 3 is 2.62 bits per heavy atom. The fourth-order valence-corrected chi connectivity index (χ4v) is 3.66. The number of rotatable bonds is 8. The van der Waals surface area contributed by atoms with E-state index in [1.807, 2.05) is 4.90 Å². The van der Waals surface area contributed by atoms with Crippen LogP contribution in [-0.2, 0) is 9.59 Å². The summed E-state index contributed by atoms with van der Waals surface area (Å²) < 4.78 is 0. The summed E-state index contributed by atoms with van der Waals surface area (Å²) >= 11 is 0. The predicted molar refractivity (Wildman–Crippen MR) is 95.9 cm³/mol. The summed E-state index contributed by atoms with van der Waals surface area (Å²) in [4.78, 5) is 25.3. The van der Waals surface area contributed by atoms with Crippen LogP contribution < -0.4 is 11.1 Å². The highest BCUT2D eigenvalue weighted by Crippen LogP contribution is 2.27. The van der Waals surface area contributed by atoms with E-state index in [0.717, 1.165) is 32.2 Å². The Balaban J connectivity index is 0.00000288. The molecule has 0 spiro atoms. The molecule has 1 saturated carbocycles. The molecule has 1 aliphatic carbocycles. The smallest absolute Gasteiger partial charge is 0.250 e. The number of aliphatic hydroxyl groups is 1. The largest absolute Gasteiger partial charge is 0.382 e. The highest BCUT2D eigenvalue weighted by atomic mass is 35.5. The molecule has 2 aliphatic rings. The fourth-order valence-electron chi connectivity index (χ4n) is 3.66. The van der Waals surface area contributed by atoms with Gasteiger partial charge in [-0.15, -0.1) is 12.4 Å². The van der Waals surface area contributed by atoms with E-state index in [0.29, 0.717) is 31.8 Å². The average molecular weight is 362 g/mol. The van der Waals surface area contributed by atoms with Crippen molar-refractivity contribution in [3.63, 3.8) is 0 Å². The summed E-state index contributed by atoms with van der Waals surface area (Å²) in [7, 11) is 0. The van der Waals surface area contributed by atoms with Crippen molar-refractivity contribution in [2.75, 3.05) is 19.6 Å². The average Bonchev–Trinajstić information content (AvgIpc) is 2.96. The zero-order chi connectivity index (χ0) is 16.7. The molecule has 1 unspecified atom stereocenters. The lowest BCUT2D eigenvalue weighted by Crippen LogP contribution is -2.47. The third-order valence-corrected chi connectivity index (χ3v) is 5.08. The molecule has 2 atom stereocenters. The molecule has 4 N–H and O–H groups in total. The maximum Gasteiger partial charge on any atom is 0.250 e. The number of hydrogen-bond acceptors (Lipinski definition) is 4. The topological polar surface area (TPSA) is 95.7 Å². The second-order valence-electron chi connectivity index (χ2n) is 6.98. The minimum absolute atomic E-state index is 0. The maximum absolute atomic E-state index is 12.0. The molecule has 1 saturated heterocycles. The second-order valence-corrected chi connectivity index (χ2v) is 6.98. The monoisotopic (exact) mass is 361 g/mol. The zero-order valence-electron chi connectivity index (χ0n) is 14.4. The van der Waals surface area contributed by atoms with Crippen molar-refractivity contribution in [3.8, 4) is 0 Å². The Morgan fingerprint density at radius 1 is 1.29 bits per heavy atom. The number of amides is 2. The zero-order valence-corrected chi connectivity index (χ0v) is 15.2. The van der Waals surface area contributed by atoms with E-state index < -0.39 is 12.1 Å². The first-order chi connectivity index (χ1) is 11.1. The van der Waals surface area contributed by atoms with Gasteiger partial charge in [0.1, 0.15) is 6.10 Å². The highest BCUT2D eigenvalue weighted by Gasteiger charge is 2.26. The second kappa shape index (κ2) is 10.9. The Labute approximate surface area is 150 Å². The third kappa shape index (κ3) is 6.57. The molecule has 24 heavy (non-hydrogen) atoms.